The minimum absolute atomic E-state index is 0.01000. The molecule has 3 aliphatic carbocycles. The van der Waals surface area contributed by atoms with E-state index in [0.29, 0.717) is 11.3 Å². The van der Waals surface area contributed by atoms with E-state index in [1.54, 1.807) is 0 Å². The highest BCUT2D eigenvalue weighted by Crippen LogP contribution is 2.84. The van der Waals surface area contributed by atoms with Crippen LogP contribution in [0.5, 0.6) is 0 Å². The quantitative estimate of drug-likeness (QED) is 0.157. The third kappa shape index (κ3) is 6.95. The number of fused-ring (bicyclic) bond motifs is 1. The first kappa shape index (κ1) is 37.8. The van der Waals surface area contributed by atoms with Crippen LogP contribution in [0, 0.1) is 36.0 Å². The van der Waals surface area contributed by atoms with E-state index in [1.807, 2.05) is 11.8 Å². The Morgan fingerprint density at radius 2 is 1.61 bits per heavy atom. The van der Waals surface area contributed by atoms with Crippen LogP contribution in [-0.4, -0.2) is 12.4 Å². The van der Waals surface area contributed by atoms with E-state index in [1.165, 1.54) is 72.7 Å². The normalized spacial score (nSPS) is 28.3. The van der Waals surface area contributed by atoms with Crippen molar-refractivity contribution in [1.29, 1.82) is 0 Å². The number of thioether (sulfide) groups is 1. The fraction of sp³-hybridized carbons (Fsp3) is 0.391. The van der Waals surface area contributed by atoms with E-state index in [2.05, 4.69) is 166 Å². The summed E-state index contributed by atoms with van der Waals surface area (Å²) < 4.78 is 0. The van der Waals surface area contributed by atoms with Gasteiger partial charge >= 0.3 is 0 Å². The number of hydrogen-bond donors (Lipinski definition) is 0. The molecule has 0 heterocycles. The van der Waals surface area contributed by atoms with Crippen molar-refractivity contribution in [3.05, 3.63) is 153 Å². The Hall–Kier alpha value is -2.43. The summed E-state index contributed by atoms with van der Waals surface area (Å²) in [6.45, 7) is 30.8. The van der Waals surface area contributed by atoms with Crippen LogP contribution in [0.15, 0.2) is 142 Å². The van der Waals surface area contributed by atoms with Crippen LogP contribution in [-0.2, 0) is 0 Å². The Labute approximate surface area is 305 Å². The maximum atomic E-state index is 5.12. The van der Waals surface area contributed by atoms with Crippen LogP contribution >= 0.6 is 27.6 Å². The zero-order chi connectivity index (χ0) is 35.7. The van der Waals surface area contributed by atoms with E-state index in [9.17, 15) is 0 Å². The van der Waals surface area contributed by atoms with E-state index in [0.717, 1.165) is 12.0 Å². The monoisotopic (exact) mass is 704 g/mol. The molecule has 0 bridgehead atoms. The zero-order valence-electron chi connectivity index (χ0n) is 31.8. The summed E-state index contributed by atoms with van der Waals surface area (Å²) in [4.78, 5) is 1.38. The Morgan fingerprint density at radius 3 is 2.20 bits per heavy atom. The smallest absolute Gasteiger partial charge is 0.000757 e. The van der Waals surface area contributed by atoms with Crippen molar-refractivity contribution in [3.63, 3.8) is 0 Å². The molecule has 6 atom stereocenters. The van der Waals surface area contributed by atoms with Gasteiger partial charge in [0.1, 0.15) is 0 Å². The fourth-order valence-electron chi connectivity index (χ4n) is 9.51. The minimum atomic E-state index is -0.733. The zero-order valence-corrected chi connectivity index (χ0v) is 34.4. The minimum Gasteiger partial charge on any atom is -0.134 e. The lowest BCUT2D eigenvalue weighted by atomic mass is 9.24. The molecule has 3 heteroatoms. The van der Waals surface area contributed by atoms with Crippen LogP contribution < -0.4 is 10.6 Å². The van der Waals surface area contributed by atoms with Crippen molar-refractivity contribution < 1.29 is 0 Å². The molecule has 2 aromatic carbocycles. The predicted octanol–water partition coefficient (Wildman–Crippen LogP) is 13.6. The Balaban J connectivity index is 1.57. The maximum absolute atomic E-state index is 5.12. The van der Waals surface area contributed by atoms with Gasteiger partial charge in [-0.25, -0.2) is 0 Å². The van der Waals surface area contributed by atoms with Gasteiger partial charge in [0.15, 0.2) is 0 Å². The van der Waals surface area contributed by atoms with Crippen LogP contribution in [0.4, 0.5) is 0 Å². The lowest BCUT2D eigenvalue weighted by Gasteiger charge is -2.80. The van der Waals surface area contributed by atoms with Gasteiger partial charge in [0, 0.05) is 0 Å². The molecule has 0 amide bonds. The van der Waals surface area contributed by atoms with Gasteiger partial charge < -0.3 is 0 Å². The molecule has 2 fully saturated rings. The van der Waals surface area contributed by atoms with Crippen LogP contribution in [0.1, 0.15) is 78.9 Å². The molecule has 0 nitrogen and oxygen atoms in total. The molecule has 0 N–H and O–H groups in total. The second-order valence-electron chi connectivity index (χ2n) is 15.4. The first-order valence-corrected chi connectivity index (χ1v) is 22.0. The third-order valence-electron chi connectivity index (χ3n) is 12.1. The van der Waals surface area contributed by atoms with Crippen molar-refractivity contribution in [2.24, 2.45) is 22.2 Å². The average Bonchev–Trinajstić information content (AvgIpc) is 3.34. The van der Waals surface area contributed by atoms with Crippen molar-refractivity contribution in [2.45, 2.75) is 81.6 Å². The van der Waals surface area contributed by atoms with Gasteiger partial charge in [-0.15, -0.1) is 11.8 Å². The molecule has 6 unspecified atom stereocenters. The third-order valence-corrected chi connectivity index (χ3v) is 18.3. The molecule has 0 aliphatic heterocycles. The van der Waals surface area contributed by atoms with Gasteiger partial charge in [-0.2, -0.15) is 0 Å². The van der Waals surface area contributed by atoms with Gasteiger partial charge in [0.05, 0.1) is 0 Å². The molecule has 0 saturated heterocycles. The summed E-state index contributed by atoms with van der Waals surface area (Å²) in [5.74, 6) is 0.633. The molecule has 0 radical (unpaired) electrons. The highest BCUT2D eigenvalue weighted by molar-refractivity contribution is 8.02. The van der Waals surface area contributed by atoms with E-state index < -0.39 is 15.8 Å². The van der Waals surface area contributed by atoms with Crippen LogP contribution in [0.2, 0.25) is 0 Å². The number of aryl methyl sites for hydroxylation is 2. The first-order valence-electron chi connectivity index (χ1n) is 17.9. The van der Waals surface area contributed by atoms with Crippen LogP contribution in [0.25, 0.3) is 0 Å². The van der Waals surface area contributed by atoms with Crippen molar-refractivity contribution in [3.8, 4) is 0 Å². The molecule has 258 valence electrons. The van der Waals surface area contributed by atoms with Crippen LogP contribution in [0.3, 0.4) is 0 Å². The maximum Gasteiger partial charge on any atom is -0.000757 e. The highest BCUT2D eigenvalue weighted by Gasteiger charge is 2.76. The summed E-state index contributed by atoms with van der Waals surface area (Å²) in [5.41, 5.74) is 7.16. The average molecular weight is 705 g/mol. The first-order chi connectivity index (χ1) is 23.2. The molecule has 0 aromatic heterocycles. The molecule has 2 saturated carbocycles. The topological polar surface area (TPSA) is 0 Å². The SMILES string of the molecule is C=C(C)/C=C(\C)P(CC1CC2(C)CC(C)(C(=C)/C(C(=CC)P(C3=CC=CC=CC3)c3ccccc3)=C(\C)SC)C12C)c1cc(C)cc(C)c1. The Bertz CT molecular complexity index is 1780. The van der Waals surface area contributed by atoms with Crippen molar-refractivity contribution in [1.82, 2.24) is 0 Å². The van der Waals surface area contributed by atoms with E-state index in [-0.39, 0.29) is 10.8 Å². The van der Waals surface area contributed by atoms with Gasteiger partial charge in [-0.1, -0.05) is 142 Å². The molecular weight excluding hydrogens is 647 g/mol. The highest BCUT2D eigenvalue weighted by atomic mass is 32.2. The van der Waals surface area contributed by atoms with Crippen molar-refractivity contribution >= 4 is 38.2 Å². The van der Waals surface area contributed by atoms with Gasteiger partial charge in [-0.05, 0) is 154 Å². The number of hydrogen-bond acceptors (Lipinski definition) is 1. The number of allylic oxidation sites excluding steroid dienone is 14. The molecular formula is C46H58P2S. The lowest BCUT2D eigenvalue weighted by Crippen LogP contribution is -2.74. The summed E-state index contributed by atoms with van der Waals surface area (Å²) in [6.07, 6.45) is 23.0. The largest absolute Gasteiger partial charge is 0.134 e. The standard InChI is InChI=1S/C46H58P2S/c1-13-42(48(40-23-19-16-20-24-40)39-21-17-14-15-18-22-39)43(37(8)49-12)36(7)45(10)31-44(9)29-38(46(44,45)11)30-47(35(6)25-32(2)3)41-27-33(4)26-34(5)28-41/h13-21,23-28,38H,2,7,22,29-31H2,1,3-6,8-12H3/b35-25+,42-13?,43-37-. The van der Waals surface area contributed by atoms with E-state index >= 15 is 0 Å². The summed E-state index contributed by atoms with van der Waals surface area (Å²) in [7, 11) is -1.21. The van der Waals surface area contributed by atoms with Crippen molar-refractivity contribution in [2.75, 3.05) is 12.4 Å². The Kier molecular flexibility index (Phi) is 11.6. The lowest BCUT2D eigenvalue weighted by molar-refractivity contribution is -0.285. The summed E-state index contributed by atoms with van der Waals surface area (Å²) in [6, 6.07) is 18.4. The van der Waals surface area contributed by atoms with Gasteiger partial charge in [0.2, 0.25) is 0 Å². The number of benzene rings is 2. The fourth-order valence-corrected chi connectivity index (χ4v) is 15.7. The summed E-state index contributed by atoms with van der Waals surface area (Å²) >= 11 is 1.89. The number of rotatable bonds is 12. The van der Waals surface area contributed by atoms with E-state index in [4.69, 9.17) is 6.58 Å². The molecule has 0 spiro atoms. The molecule has 3 aliphatic rings. The predicted molar refractivity (Wildman–Crippen MR) is 226 cm³/mol. The van der Waals surface area contributed by atoms with Gasteiger partial charge in [0.25, 0.3) is 0 Å². The molecule has 2 aromatic rings. The second kappa shape index (κ2) is 15.0. The molecule has 49 heavy (non-hydrogen) atoms. The van der Waals surface area contributed by atoms with Gasteiger partial charge in [-0.3, -0.25) is 0 Å². The molecule has 5 rings (SSSR count). The summed E-state index contributed by atoms with van der Waals surface area (Å²) in [5, 5.41) is 7.37. The Morgan fingerprint density at radius 1 is 0.939 bits per heavy atom. The second-order valence-corrected chi connectivity index (χ2v) is 21.1.